The van der Waals surface area contributed by atoms with Gasteiger partial charge in [0.25, 0.3) is 5.91 Å². The molecule has 1 aromatic carbocycles. The number of nitrogens with two attached hydrogens (primary N) is 1. The van der Waals surface area contributed by atoms with Crippen molar-refractivity contribution in [1.82, 2.24) is 5.32 Å². The summed E-state index contributed by atoms with van der Waals surface area (Å²) in [6.07, 6.45) is 2.42. The van der Waals surface area contributed by atoms with E-state index in [1.807, 2.05) is 18.2 Å². The smallest absolute Gasteiger partial charge is 0.461 e. The maximum atomic E-state index is 11.9. The van der Waals surface area contributed by atoms with E-state index in [0.29, 0.717) is 13.0 Å². The maximum absolute atomic E-state index is 11.9. The van der Waals surface area contributed by atoms with Crippen LogP contribution in [0.2, 0.25) is 0 Å². The molecule has 0 saturated carbocycles. The van der Waals surface area contributed by atoms with Crippen LogP contribution in [0.15, 0.2) is 30.3 Å². The number of unbranched alkanes of at least 4 members (excludes halogenated alkanes) is 1. The van der Waals surface area contributed by atoms with Crippen LogP contribution in [0.5, 0.6) is 0 Å². The third-order valence-corrected chi connectivity index (χ3v) is 3.46. The first-order chi connectivity index (χ1) is 10.1. The molecule has 1 aromatic rings. The molecule has 8 N–H and O–H groups in total. The Hall–Kier alpha value is -1.12. The molecule has 0 heterocycles. The minimum atomic E-state index is -1.52. The largest absolute Gasteiger partial charge is 1.00 e. The standard InChI is InChI=1S/C14H24BN3O3.ClH/c16-9-5-4-8-13(17)14(19)18-10-12(15(20)21)11-6-2-1-3-7-11;/h1-3,6-7,12-13,20-21H,4-5,8-10,16-17H2,(H,18,19);1H/t12?,13-;/m0./s1. The van der Waals surface area contributed by atoms with E-state index in [2.05, 4.69) is 11.1 Å². The van der Waals surface area contributed by atoms with Gasteiger partial charge in [-0.1, -0.05) is 30.3 Å². The molecule has 0 bridgehead atoms. The molecular formula is C14H25BClN3O3. The van der Waals surface area contributed by atoms with Crippen LogP contribution >= 0.6 is 0 Å². The molecule has 1 rings (SSSR count). The summed E-state index contributed by atoms with van der Waals surface area (Å²) in [5.74, 6) is -0.722. The molecule has 2 atom stereocenters. The Labute approximate surface area is 137 Å². The average Bonchev–Trinajstić information content (AvgIpc) is 2.48. The molecule has 0 aliphatic heterocycles. The van der Waals surface area contributed by atoms with Crippen LogP contribution in [0.3, 0.4) is 0 Å². The Morgan fingerprint density at radius 3 is 2.45 bits per heavy atom. The van der Waals surface area contributed by atoms with Gasteiger partial charge in [-0.2, -0.15) is 0 Å². The van der Waals surface area contributed by atoms with Crippen molar-refractivity contribution in [3.63, 3.8) is 0 Å². The predicted octanol–water partition coefficient (Wildman–Crippen LogP) is -4.36. The lowest BCUT2D eigenvalue weighted by Gasteiger charge is -2.18. The highest BCUT2D eigenvalue weighted by Gasteiger charge is 2.27. The zero-order valence-electron chi connectivity index (χ0n) is 12.6. The minimum absolute atomic E-state index is 0. The summed E-state index contributed by atoms with van der Waals surface area (Å²) < 4.78 is 0. The molecule has 0 fully saturated rings. The van der Waals surface area contributed by atoms with Crippen LogP contribution < -0.4 is 29.2 Å². The maximum Gasteiger partial charge on any atom is 0.461 e. The molecule has 22 heavy (non-hydrogen) atoms. The van der Waals surface area contributed by atoms with Gasteiger partial charge < -0.3 is 39.2 Å². The molecule has 0 radical (unpaired) electrons. The quantitative estimate of drug-likeness (QED) is 0.232. The summed E-state index contributed by atoms with van der Waals surface area (Å²) in [6, 6.07) is 8.77. The highest BCUT2D eigenvalue weighted by molar-refractivity contribution is 6.43. The second-order valence-corrected chi connectivity index (χ2v) is 5.16. The van der Waals surface area contributed by atoms with Crippen LogP contribution in [-0.2, 0) is 4.79 Å². The number of rotatable bonds is 9. The van der Waals surface area contributed by atoms with Gasteiger partial charge in [0, 0.05) is 18.8 Å². The second-order valence-electron chi connectivity index (χ2n) is 5.16. The normalized spacial score (nSPS) is 12.9. The third-order valence-electron chi connectivity index (χ3n) is 3.46. The van der Waals surface area contributed by atoms with Gasteiger partial charge in [-0.25, -0.2) is 0 Å². The number of hydrogen-bond acceptors (Lipinski definition) is 4. The van der Waals surface area contributed by atoms with E-state index in [1.165, 1.54) is 0 Å². The number of carbonyl (C=O) groups excluding carboxylic acids is 1. The van der Waals surface area contributed by atoms with Gasteiger partial charge in [0.2, 0.25) is 0 Å². The van der Waals surface area contributed by atoms with Crippen molar-refractivity contribution in [2.75, 3.05) is 13.1 Å². The van der Waals surface area contributed by atoms with Crippen LogP contribution in [0.25, 0.3) is 0 Å². The third kappa shape index (κ3) is 7.24. The molecule has 0 aromatic heterocycles. The summed E-state index contributed by atoms with van der Waals surface area (Å²) in [5, 5.41) is 21.7. The van der Waals surface area contributed by atoms with Crippen molar-refractivity contribution in [3.05, 3.63) is 35.9 Å². The SMILES string of the molecule is NCCCC[C@H]([NH3+])C(=O)NCC(B(O)O)c1ccccc1.[Cl-]. The number of benzene rings is 1. The summed E-state index contributed by atoms with van der Waals surface area (Å²) in [5.41, 5.74) is 10.0. The summed E-state index contributed by atoms with van der Waals surface area (Å²) in [7, 11) is -1.52. The van der Waals surface area contributed by atoms with E-state index in [1.54, 1.807) is 12.1 Å². The average molecular weight is 330 g/mol. The zero-order chi connectivity index (χ0) is 15.7. The fourth-order valence-electron chi connectivity index (χ4n) is 2.12. The fraction of sp³-hybridized carbons (Fsp3) is 0.500. The Bertz CT molecular complexity index is 423. The van der Waals surface area contributed by atoms with E-state index < -0.39 is 12.9 Å². The second kappa shape index (κ2) is 11.5. The van der Waals surface area contributed by atoms with Crippen molar-refractivity contribution in [2.45, 2.75) is 31.1 Å². The number of quaternary nitrogens is 1. The highest BCUT2D eigenvalue weighted by Crippen LogP contribution is 2.15. The number of halogens is 1. The van der Waals surface area contributed by atoms with Gasteiger partial charge in [-0.05, 0) is 24.9 Å². The number of carbonyl (C=O) groups is 1. The first-order valence-electron chi connectivity index (χ1n) is 7.28. The molecule has 6 nitrogen and oxygen atoms in total. The Morgan fingerprint density at radius 2 is 1.91 bits per heavy atom. The first kappa shape index (κ1) is 20.9. The lowest BCUT2D eigenvalue weighted by Crippen LogP contribution is -3.00. The van der Waals surface area contributed by atoms with Crippen LogP contribution in [0, 0.1) is 0 Å². The van der Waals surface area contributed by atoms with Crippen molar-refractivity contribution in [2.24, 2.45) is 5.73 Å². The van der Waals surface area contributed by atoms with Crippen LogP contribution in [0.4, 0.5) is 0 Å². The molecule has 0 aliphatic carbocycles. The van der Waals surface area contributed by atoms with Crippen LogP contribution in [-0.4, -0.2) is 42.2 Å². The van der Waals surface area contributed by atoms with E-state index in [-0.39, 0.29) is 30.9 Å². The molecule has 8 heteroatoms. The summed E-state index contributed by atoms with van der Waals surface area (Å²) in [6.45, 7) is 0.782. The fourth-order valence-corrected chi connectivity index (χ4v) is 2.12. The van der Waals surface area contributed by atoms with E-state index in [9.17, 15) is 14.8 Å². The molecule has 124 valence electrons. The molecule has 0 aliphatic rings. The van der Waals surface area contributed by atoms with Gasteiger partial charge in [0.05, 0.1) is 0 Å². The molecule has 0 saturated heterocycles. The molecule has 1 unspecified atom stereocenters. The van der Waals surface area contributed by atoms with E-state index in [4.69, 9.17) is 5.73 Å². The Kier molecular flexibility index (Phi) is 10.9. The number of nitrogens with one attached hydrogen (secondary N) is 1. The zero-order valence-corrected chi connectivity index (χ0v) is 13.4. The van der Waals surface area contributed by atoms with Gasteiger partial charge >= 0.3 is 7.12 Å². The van der Waals surface area contributed by atoms with Gasteiger partial charge in [-0.15, -0.1) is 0 Å². The number of amides is 1. The Balaban J connectivity index is 0.00000441. The summed E-state index contributed by atoms with van der Waals surface area (Å²) >= 11 is 0. The van der Waals surface area contributed by atoms with E-state index >= 15 is 0 Å². The lowest BCUT2D eigenvalue weighted by atomic mass is 9.68. The lowest BCUT2D eigenvalue weighted by molar-refractivity contribution is -0.405. The number of hydrogen-bond donors (Lipinski definition) is 5. The monoisotopic (exact) mass is 329 g/mol. The molecular weight excluding hydrogens is 304 g/mol. The van der Waals surface area contributed by atoms with Gasteiger partial charge in [0.1, 0.15) is 0 Å². The first-order valence-corrected chi connectivity index (χ1v) is 7.28. The topological polar surface area (TPSA) is 123 Å². The van der Waals surface area contributed by atoms with Gasteiger partial charge in [0.15, 0.2) is 6.04 Å². The predicted molar refractivity (Wildman–Crippen MR) is 82.0 cm³/mol. The molecule has 1 amide bonds. The molecule has 0 spiro atoms. The highest BCUT2D eigenvalue weighted by atomic mass is 35.5. The van der Waals surface area contributed by atoms with Gasteiger partial charge in [-0.3, -0.25) is 4.79 Å². The Morgan fingerprint density at radius 1 is 1.27 bits per heavy atom. The minimum Gasteiger partial charge on any atom is -1.00 e. The van der Waals surface area contributed by atoms with Crippen molar-refractivity contribution in [3.8, 4) is 0 Å². The summed E-state index contributed by atoms with van der Waals surface area (Å²) in [4.78, 5) is 11.9. The van der Waals surface area contributed by atoms with E-state index in [0.717, 1.165) is 18.4 Å². The van der Waals surface area contributed by atoms with Crippen molar-refractivity contribution >= 4 is 13.0 Å². The van der Waals surface area contributed by atoms with Crippen molar-refractivity contribution < 1.29 is 33.0 Å². The van der Waals surface area contributed by atoms with Crippen molar-refractivity contribution in [1.29, 1.82) is 0 Å². The van der Waals surface area contributed by atoms with Crippen LogP contribution in [0.1, 0.15) is 30.6 Å².